The molecule has 0 amide bonds. The van der Waals surface area contributed by atoms with Crippen LogP contribution in [0.15, 0.2) is 18.2 Å². The van der Waals surface area contributed by atoms with Gasteiger partial charge in [-0.2, -0.15) is 8.78 Å². The molecule has 1 rings (SSSR count). The van der Waals surface area contributed by atoms with Gasteiger partial charge in [0.2, 0.25) is 0 Å². The predicted molar refractivity (Wildman–Crippen MR) is 70.9 cm³/mol. The van der Waals surface area contributed by atoms with Gasteiger partial charge in [-0.05, 0) is 32.0 Å². The lowest BCUT2D eigenvalue weighted by Crippen LogP contribution is -2.21. The smallest absolute Gasteiger partial charge is 0.387 e. The SMILES string of the molecule is CC(C)OCCNCc1cc(Cl)ccc1OC(F)F. The standard InChI is InChI=1S/C13H18ClF2NO2/c1-9(2)18-6-5-17-8-10-7-11(14)3-4-12(10)19-13(15)16/h3-4,7,9,13,17H,5-6,8H2,1-2H3. The molecular weight excluding hydrogens is 276 g/mol. The van der Waals surface area contributed by atoms with Crippen LogP contribution in [0.3, 0.4) is 0 Å². The molecule has 0 aliphatic carbocycles. The molecule has 19 heavy (non-hydrogen) atoms. The van der Waals surface area contributed by atoms with Gasteiger partial charge in [-0.1, -0.05) is 11.6 Å². The van der Waals surface area contributed by atoms with E-state index in [1.54, 1.807) is 6.07 Å². The second-order valence-corrected chi connectivity index (χ2v) is 4.66. The van der Waals surface area contributed by atoms with Crippen molar-refractivity contribution in [1.82, 2.24) is 5.32 Å². The van der Waals surface area contributed by atoms with Gasteiger partial charge in [-0.25, -0.2) is 0 Å². The van der Waals surface area contributed by atoms with Crippen molar-refractivity contribution in [3.8, 4) is 5.75 Å². The number of hydrogen-bond donors (Lipinski definition) is 1. The lowest BCUT2D eigenvalue weighted by Gasteiger charge is -2.12. The Morgan fingerprint density at radius 1 is 1.32 bits per heavy atom. The summed E-state index contributed by atoms with van der Waals surface area (Å²) >= 11 is 5.84. The summed E-state index contributed by atoms with van der Waals surface area (Å²) in [7, 11) is 0. The molecule has 108 valence electrons. The first kappa shape index (κ1) is 16.1. The lowest BCUT2D eigenvalue weighted by atomic mass is 10.2. The van der Waals surface area contributed by atoms with Gasteiger partial charge in [-0.3, -0.25) is 0 Å². The van der Waals surface area contributed by atoms with Gasteiger partial charge in [0, 0.05) is 23.7 Å². The van der Waals surface area contributed by atoms with E-state index in [-0.39, 0.29) is 11.9 Å². The van der Waals surface area contributed by atoms with Crippen LogP contribution in [0.4, 0.5) is 8.78 Å². The van der Waals surface area contributed by atoms with E-state index in [0.717, 1.165) is 0 Å². The zero-order chi connectivity index (χ0) is 14.3. The summed E-state index contributed by atoms with van der Waals surface area (Å²) in [5, 5.41) is 3.57. The lowest BCUT2D eigenvalue weighted by molar-refractivity contribution is -0.0505. The molecule has 1 aromatic carbocycles. The van der Waals surface area contributed by atoms with E-state index in [2.05, 4.69) is 10.1 Å². The van der Waals surface area contributed by atoms with Gasteiger partial charge in [-0.15, -0.1) is 0 Å². The number of ether oxygens (including phenoxy) is 2. The topological polar surface area (TPSA) is 30.5 Å². The first-order valence-electron chi connectivity index (χ1n) is 6.04. The minimum absolute atomic E-state index is 0.136. The van der Waals surface area contributed by atoms with Crippen molar-refractivity contribution < 1.29 is 18.3 Å². The quantitative estimate of drug-likeness (QED) is 0.745. The third kappa shape index (κ3) is 6.71. The maximum absolute atomic E-state index is 12.2. The van der Waals surface area contributed by atoms with Gasteiger partial charge in [0.05, 0.1) is 12.7 Å². The third-order valence-corrected chi connectivity index (χ3v) is 2.52. The largest absolute Gasteiger partial charge is 0.434 e. The van der Waals surface area contributed by atoms with Crippen LogP contribution in [0.2, 0.25) is 5.02 Å². The number of benzene rings is 1. The van der Waals surface area contributed by atoms with Gasteiger partial charge in [0.1, 0.15) is 5.75 Å². The monoisotopic (exact) mass is 293 g/mol. The molecule has 6 heteroatoms. The zero-order valence-electron chi connectivity index (χ0n) is 11.0. The summed E-state index contributed by atoms with van der Waals surface area (Å²) in [4.78, 5) is 0. The first-order chi connectivity index (χ1) is 8.99. The Morgan fingerprint density at radius 3 is 2.68 bits per heavy atom. The second-order valence-electron chi connectivity index (χ2n) is 4.23. The minimum Gasteiger partial charge on any atom is -0.434 e. The molecule has 0 unspecified atom stereocenters. The molecule has 0 radical (unpaired) electrons. The highest BCUT2D eigenvalue weighted by Gasteiger charge is 2.10. The van der Waals surface area contributed by atoms with Gasteiger partial charge in [0.15, 0.2) is 0 Å². The summed E-state index contributed by atoms with van der Waals surface area (Å²) in [6.45, 7) is 2.63. The Bertz CT molecular complexity index is 389. The molecule has 0 saturated carbocycles. The molecule has 0 heterocycles. The first-order valence-corrected chi connectivity index (χ1v) is 6.42. The van der Waals surface area contributed by atoms with Crippen molar-refractivity contribution in [3.63, 3.8) is 0 Å². The number of hydrogen-bond acceptors (Lipinski definition) is 3. The molecule has 0 saturated heterocycles. The Hall–Kier alpha value is -0.910. The van der Waals surface area contributed by atoms with Gasteiger partial charge < -0.3 is 14.8 Å². The molecule has 0 aliphatic rings. The molecule has 0 aromatic heterocycles. The number of halogens is 3. The van der Waals surface area contributed by atoms with Crippen LogP contribution < -0.4 is 10.1 Å². The van der Waals surface area contributed by atoms with E-state index >= 15 is 0 Å². The maximum atomic E-state index is 12.2. The van der Waals surface area contributed by atoms with Crippen LogP contribution in [0.5, 0.6) is 5.75 Å². The Kier molecular flexibility index (Phi) is 7.05. The van der Waals surface area contributed by atoms with E-state index in [4.69, 9.17) is 16.3 Å². The summed E-state index contributed by atoms with van der Waals surface area (Å²) < 4.78 is 34.3. The summed E-state index contributed by atoms with van der Waals surface area (Å²) in [5.41, 5.74) is 0.595. The number of rotatable bonds is 8. The van der Waals surface area contributed by atoms with Crippen LogP contribution in [-0.4, -0.2) is 25.9 Å². The molecule has 0 atom stereocenters. The van der Waals surface area contributed by atoms with Crippen LogP contribution in [0.25, 0.3) is 0 Å². The fourth-order valence-electron chi connectivity index (χ4n) is 1.49. The molecule has 1 N–H and O–H groups in total. The Labute approximate surface area is 116 Å². The number of alkyl halides is 2. The minimum atomic E-state index is -2.84. The van der Waals surface area contributed by atoms with Crippen molar-refractivity contribution in [2.45, 2.75) is 33.1 Å². The van der Waals surface area contributed by atoms with Crippen LogP contribution in [0.1, 0.15) is 19.4 Å². The molecule has 3 nitrogen and oxygen atoms in total. The average Bonchev–Trinajstić information content (AvgIpc) is 2.31. The maximum Gasteiger partial charge on any atom is 0.387 e. The molecule has 0 spiro atoms. The van der Waals surface area contributed by atoms with E-state index in [0.29, 0.717) is 30.3 Å². The normalized spacial score (nSPS) is 11.3. The van der Waals surface area contributed by atoms with Crippen molar-refractivity contribution in [1.29, 1.82) is 0 Å². The molecule has 0 bridgehead atoms. The van der Waals surface area contributed by atoms with Crippen LogP contribution in [0, 0.1) is 0 Å². The highest BCUT2D eigenvalue weighted by atomic mass is 35.5. The highest BCUT2D eigenvalue weighted by Crippen LogP contribution is 2.24. The van der Waals surface area contributed by atoms with Crippen molar-refractivity contribution in [2.24, 2.45) is 0 Å². The van der Waals surface area contributed by atoms with Gasteiger partial charge >= 0.3 is 6.61 Å². The Morgan fingerprint density at radius 2 is 2.05 bits per heavy atom. The molecule has 0 fully saturated rings. The fourth-order valence-corrected chi connectivity index (χ4v) is 1.68. The van der Waals surface area contributed by atoms with Crippen LogP contribution >= 0.6 is 11.6 Å². The highest BCUT2D eigenvalue weighted by molar-refractivity contribution is 6.30. The summed E-state index contributed by atoms with van der Waals surface area (Å²) in [5.74, 6) is 0.136. The zero-order valence-corrected chi connectivity index (χ0v) is 11.7. The molecular formula is C13H18ClF2NO2. The van der Waals surface area contributed by atoms with E-state index in [1.165, 1.54) is 12.1 Å². The second kappa shape index (κ2) is 8.30. The fraction of sp³-hybridized carbons (Fsp3) is 0.538. The average molecular weight is 294 g/mol. The Balaban J connectivity index is 2.48. The van der Waals surface area contributed by atoms with Crippen molar-refractivity contribution in [3.05, 3.63) is 28.8 Å². The van der Waals surface area contributed by atoms with E-state index < -0.39 is 6.61 Å². The number of nitrogens with one attached hydrogen (secondary N) is 1. The molecule has 0 aliphatic heterocycles. The van der Waals surface area contributed by atoms with E-state index in [9.17, 15) is 8.78 Å². The molecule has 1 aromatic rings. The third-order valence-electron chi connectivity index (χ3n) is 2.28. The van der Waals surface area contributed by atoms with E-state index in [1.807, 2.05) is 13.8 Å². The van der Waals surface area contributed by atoms with Crippen LogP contribution in [-0.2, 0) is 11.3 Å². The summed E-state index contributed by atoms with van der Waals surface area (Å²) in [6.07, 6.45) is 0.172. The van der Waals surface area contributed by atoms with Gasteiger partial charge in [0.25, 0.3) is 0 Å². The predicted octanol–water partition coefficient (Wildman–Crippen LogP) is 3.46. The van der Waals surface area contributed by atoms with Crippen molar-refractivity contribution >= 4 is 11.6 Å². The summed E-state index contributed by atoms with van der Waals surface area (Å²) in [6, 6.07) is 4.57. The van der Waals surface area contributed by atoms with Crippen molar-refractivity contribution in [2.75, 3.05) is 13.2 Å².